The molecule has 3 aromatic rings. The second kappa shape index (κ2) is 9.09. The molecule has 2 aromatic carbocycles. The van der Waals surface area contributed by atoms with Gasteiger partial charge in [0.05, 0.1) is 12.1 Å². The highest BCUT2D eigenvalue weighted by molar-refractivity contribution is 5.79. The van der Waals surface area contributed by atoms with Gasteiger partial charge in [-0.2, -0.15) is 0 Å². The molecule has 0 radical (unpaired) electrons. The fraction of sp³-hybridized carbons (Fsp3) is 0.143. The number of hydrogen-bond acceptors (Lipinski definition) is 3. The number of rotatable bonds is 5. The molecule has 2 N–H and O–H groups in total. The van der Waals surface area contributed by atoms with Gasteiger partial charge in [-0.15, -0.1) is 0 Å². The van der Waals surface area contributed by atoms with Crippen LogP contribution in [0.2, 0.25) is 0 Å². The predicted molar refractivity (Wildman–Crippen MR) is 102 cm³/mol. The fourth-order valence-electron chi connectivity index (χ4n) is 2.33. The Hall–Kier alpha value is -3.52. The van der Waals surface area contributed by atoms with Crippen molar-refractivity contribution in [2.45, 2.75) is 6.54 Å². The Morgan fingerprint density at radius 2 is 1.88 bits per heavy atom. The maximum Gasteiger partial charge on any atom is 0.315 e. The summed E-state index contributed by atoms with van der Waals surface area (Å²) in [5.74, 6) is 6.46. The number of fused-ring (bicyclic) bond motifs is 1. The van der Waals surface area contributed by atoms with Crippen molar-refractivity contribution in [3.8, 4) is 17.6 Å². The van der Waals surface area contributed by atoms with Crippen LogP contribution in [0, 0.1) is 11.8 Å². The molecule has 1 aromatic heterocycles. The Morgan fingerprint density at radius 1 is 1.00 bits per heavy atom. The van der Waals surface area contributed by atoms with Crippen molar-refractivity contribution in [1.82, 2.24) is 15.6 Å². The van der Waals surface area contributed by atoms with Crippen LogP contribution in [0.1, 0.15) is 5.56 Å². The van der Waals surface area contributed by atoms with Gasteiger partial charge in [0.15, 0.2) is 0 Å². The number of amides is 2. The van der Waals surface area contributed by atoms with E-state index in [1.807, 2.05) is 60.7 Å². The molecule has 5 heteroatoms. The normalized spacial score (nSPS) is 9.85. The number of carbonyl (C=O) groups excluding carboxylic acids is 1. The molecule has 5 nitrogen and oxygen atoms in total. The summed E-state index contributed by atoms with van der Waals surface area (Å²) in [5.41, 5.74) is 1.93. The first kappa shape index (κ1) is 17.3. The van der Waals surface area contributed by atoms with E-state index in [1.54, 1.807) is 6.20 Å². The Labute approximate surface area is 152 Å². The molecule has 0 aliphatic carbocycles. The minimum absolute atomic E-state index is 0.246. The van der Waals surface area contributed by atoms with Gasteiger partial charge in [-0.1, -0.05) is 48.2 Å². The van der Waals surface area contributed by atoms with Crippen LogP contribution in [-0.4, -0.2) is 24.2 Å². The summed E-state index contributed by atoms with van der Waals surface area (Å²) in [6.07, 6.45) is 1.75. The fourth-order valence-corrected chi connectivity index (χ4v) is 2.33. The van der Waals surface area contributed by atoms with Gasteiger partial charge in [0.1, 0.15) is 12.4 Å². The van der Waals surface area contributed by atoms with Crippen molar-refractivity contribution < 1.29 is 9.53 Å². The highest BCUT2D eigenvalue weighted by Crippen LogP contribution is 2.18. The molecule has 0 unspecified atom stereocenters. The third-order valence-electron chi connectivity index (χ3n) is 3.65. The van der Waals surface area contributed by atoms with Gasteiger partial charge >= 0.3 is 6.03 Å². The molecule has 1 heterocycles. The van der Waals surface area contributed by atoms with Gasteiger partial charge in [-0.25, -0.2) is 4.79 Å². The second-order valence-electron chi connectivity index (χ2n) is 5.52. The SMILES string of the molecule is O=C(NCC#CCOc1ccc2cccnc2c1)NCc1ccccc1. The van der Waals surface area contributed by atoms with Gasteiger partial charge in [0.2, 0.25) is 0 Å². The summed E-state index contributed by atoms with van der Waals surface area (Å²) in [6.45, 7) is 1.01. The first-order valence-electron chi connectivity index (χ1n) is 8.30. The van der Waals surface area contributed by atoms with Gasteiger partial charge in [-0.3, -0.25) is 4.98 Å². The van der Waals surface area contributed by atoms with Crippen LogP contribution in [0.5, 0.6) is 5.75 Å². The van der Waals surface area contributed by atoms with Crippen LogP contribution in [0.3, 0.4) is 0 Å². The van der Waals surface area contributed by atoms with Gasteiger partial charge in [0.25, 0.3) is 0 Å². The third kappa shape index (κ3) is 5.25. The summed E-state index contributed by atoms with van der Waals surface area (Å²) >= 11 is 0. The molecule has 0 spiro atoms. The molecule has 0 bridgehead atoms. The highest BCUT2D eigenvalue weighted by Gasteiger charge is 1.98. The molecular weight excluding hydrogens is 326 g/mol. The van der Waals surface area contributed by atoms with E-state index in [-0.39, 0.29) is 19.2 Å². The zero-order valence-corrected chi connectivity index (χ0v) is 14.2. The maximum absolute atomic E-state index is 11.7. The number of hydrogen-bond donors (Lipinski definition) is 2. The lowest BCUT2D eigenvalue weighted by atomic mass is 10.2. The number of pyridine rings is 1. The Bertz CT molecular complexity index is 930. The zero-order chi connectivity index (χ0) is 18.0. The number of carbonyl (C=O) groups is 1. The second-order valence-corrected chi connectivity index (χ2v) is 5.52. The molecule has 130 valence electrons. The first-order valence-corrected chi connectivity index (χ1v) is 8.30. The minimum atomic E-state index is -0.246. The number of urea groups is 1. The Kier molecular flexibility index (Phi) is 6.05. The summed E-state index contributed by atoms with van der Waals surface area (Å²) in [6, 6.07) is 19.1. The molecule has 26 heavy (non-hydrogen) atoms. The standard InChI is InChI=1S/C21H19N3O2/c25-21(24-16-17-7-2-1-3-8-17)23-12-4-5-14-26-19-11-10-18-9-6-13-22-20(18)15-19/h1-3,6-11,13,15H,12,14,16H2,(H2,23,24,25). The number of benzene rings is 2. The number of nitrogens with one attached hydrogen (secondary N) is 2. The van der Waals surface area contributed by atoms with Crippen molar-refractivity contribution >= 4 is 16.9 Å². The van der Waals surface area contributed by atoms with E-state index in [1.165, 1.54) is 0 Å². The average Bonchev–Trinajstić information content (AvgIpc) is 2.69. The van der Waals surface area contributed by atoms with Gasteiger partial charge in [-0.05, 0) is 23.8 Å². The molecule has 0 saturated carbocycles. The summed E-state index contributed by atoms with van der Waals surface area (Å²) < 4.78 is 5.58. The van der Waals surface area contributed by atoms with Crippen molar-refractivity contribution in [2.75, 3.05) is 13.2 Å². The van der Waals surface area contributed by atoms with Crippen LogP contribution in [0.4, 0.5) is 4.79 Å². The van der Waals surface area contributed by atoms with E-state index < -0.39 is 0 Å². The summed E-state index contributed by atoms with van der Waals surface area (Å²) in [7, 11) is 0. The van der Waals surface area contributed by atoms with E-state index in [0.29, 0.717) is 6.54 Å². The van der Waals surface area contributed by atoms with E-state index in [0.717, 1.165) is 22.2 Å². The molecule has 0 aliphatic rings. The highest BCUT2D eigenvalue weighted by atomic mass is 16.5. The third-order valence-corrected chi connectivity index (χ3v) is 3.65. The van der Waals surface area contributed by atoms with Crippen LogP contribution in [0.25, 0.3) is 10.9 Å². The largest absolute Gasteiger partial charge is 0.481 e. The number of aromatic nitrogens is 1. The van der Waals surface area contributed by atoms with E-state index in [2.05, 4.69) is 27.5 Å². The van der Waals surface area contributed by atoms with E-state index >= 15 is 0 Å². The van der Waals surface area contributed by atoms with Crippen LogP contribution >= 0.6 is 0 Å². The van der Waals surface area contributed by atoms with E-state index in [4.69, 9.17) is 4.74 Å². The zero-order valence-electron chi connectivity index (χ0n) is 14.2. The Balaban J connectivity index is 1.36. The maximum atomic E-state index is 11.7. The smallest absolute Gasteiger partial charge is 0.315 e. The van der Waals surface area contributed by atoms with Crippen LogP contribution in [0.15, 0.2) is 66.9 Å². The van der Waals surface area contributed by atoms with Crippen molar-refractivity contribution in [1.29, 1.82) is 0 Å². The van der Waals surface area contributed by atoms with Crippen molar-refractivity contribution in [2.24, 2.45) is 0 Å². The molecular formula is C21H19N3O2. The molecule has 2 amide bonds. The predicted octanol–water partition coefficient (Wildman–Crippen LogP) is 3.12. The van der Waals surface area contributed by atoms with Gasteiger partial charge < -0.3 is 15.4 Å². The quantitative estimate of drug-likeness (QED) is 0.699. The summed E-state index contributed by atoms with van der Waals surface area (Å²) in [5, 5.41) is 6.53. The Morgan fingerprint density at radius 3 is 2.77 bits per heavy atom. The minimum Gasteiger partial charge on any atom is -0.481 e. The lowest BCUT2D eigenvalue weighted by molar-refractivity contribution is 0.241. The van der Waals surface area contributed by atoms with E-state index in [9.17, 15) is 4.79 Å². The van der Waals surface area contributed by atoms with Crippen LogP contribution < -0.4 is 15.4 Å². The topological polar surface area (TPSA) is 63.2 Å². The van der Waals surface area contributed by atoms with Crippen molar-refractivity contribution in [3.63, 3.8) is 0 Å². The molecule has 0 aliphatic heterocycles. The number of ether oxygens (including phenoxy) is 1. The molecule has 3 rings (SSSR count). The first-order chi connectivity index (χ1) is 12.8. The van der Waals surface area contributed by atoms with Crippen LogP contribution in [-0.2, 0) is 6.54 Å². The monoisotopic (exact) mass is 345 g/mol. The van der Waals surface area contributed by atoms with Gasteiger partial charge in [0, 0.05) is 24.2 Å². The number of nitrogens with zero attached hydrogens (tertiary/aromatic N) is 1. The molecule has 0 atom stereocenters. The average molecular weight is 345 g/mol. The van der Waals surface area contributed by atoms with Crippen molar-refractivity contribution in [3.05, 3.63) is 72.4 Å². The summed E-state index contributed by atoms with van der Waals surface area (Å²) in [4.78, 5) is 16.0. The molecule has 0 fully saturated rings. The molecule has 0 saturated heterocycles. The lowest BCUT2D eigenvalue weighted by Crippen LogP contribution is -2.35. The lowest BCUT2D eigenvalue weighted by Gasteiger charge is -2.05.